The summed E-state index contributed by atoms with van der Waals surface area (Å²) in [6.07, 6.45) is 2.47. The molecule has 45 heavy (non-hydrogen) atoms. The highest BCUT2D eigenvalue weighted by atomic mass is 19.1. The zero-order valence-electron chi connectivity index (χ0n) is 25.6. The van der Waals surface area contributed by atoms with Gasteiger partial charge in [-0.3, -0.25) is 9.59 Å². The molecule has 5 aromatic rings. The summed E-state index contributed by atoms with van der Waals surface area (Å²) in [5, 5.41) is 7.84. The van der Waals surface area contributed by atoms with E-state index >= 15 is 0 Å². The molecule has 0 aliphatic carbocycles. The molecule has 3 aromatic carbocycles. The first kappa shape index (κ1) is 31.3. The van der Waals surface area contributed by atoms with E-state index in [0.29, 0.717) is 61.3 Å². The smallest absolute Gasteiger partial charge is 0.254 e. The van der Waals surface area contributed by atoms with E-state index in [1.807, 2.05) is 56.4 Å². The Labute approximate surface area is 261 Å². The normalized spacial score (nSPS) is 11.0. The number of nitrogens with zero attached hydrogens (tertiary/aromatic N) is 4. The Bertz CT molecular complexity index is 1770. The third-order valence-electron chi connectivity index (χ3n) is 7.34. The molecule has 10 heteroatoms. The molecule has 232 valence electrons. The van der Waals surface area contributed by atoms with E-state index < -0.39 is 0 Å². The number of fused-ring (bicyclic) bond motifs is 1. The molecule has 0 unspecified atom stereocenters. The van der Waals surface area contributed by atoms with Gasteiger partial charge in [-0.2, -0.15) is 4.98 Å². The van der Waals surface area contributed by atoms with Crippen molar-refractivity contribution < 1.29 is 23.5 Å². The minimum absolute atomic E-state index is 0.0668. The summed E-state index contributed by atoms with van der Waals surface area (Å²) in [6, 6.07) is 23.0. The number of aromatic nitrogens is 3. The molecule has 0 aliphatic rings. The van der Waals surface area contributed by atoms with Gasteiger partial charge < -0.3 is 19.7 Å². The van der Waals surface area contributed by atoms with Gasteiger partial charge >= 0.3 is 0 Å². The maximum Gasteiger partial charge on any atom is 0.254 e. The summed E-state index contributed by atoms with van der Waals surface area (Å²) in [4.78, 5) is 31.9. The van der Waals surface area contributed by atoms with Gasteiger partial charge in [0.25, 0.3) is 5.91 Å². The number of ether oxygens (including phenoxy) is 2. The van der Waals surface area contributed by atoms with Crippen LogP contribution in [0.2, 0.25) is 0 Å². The molecule has 2 heterocycles. The van der Waals surface area contributed by atoms with Crippen molar-refractivity contribution in [3.63, 3.8) is 0 Å². The van der Waals surface area contributed by atoms with Crippen molar-refractivity contribution in [2.24, 2.45) is 0 Å². The Morgan fingerprint density at radius 2 is 1.60 bits per heavy atom. The van der Waals surface area contributed by atoms with Crippen LogP contribution in [0.15, 0.2) is 85.1 Å². The summed E-state index contributed by atoms with van der Waals surface area (Å²) < 4.78 is 25.8. The topological polar surface area (TPSA) is 98.1 Å². The zero-order valence-corrected chi connectivity index (χ0v) is 25.6. The van der Waals surface area contributed by atoms with Crippen LogP contribution >= 0.6 is 0 Å². The molecule has 9 nitrogen and oxygen atoms in total. The van der Waals surface area contributed by atoms with E-state index in [1.165, 1.54) is 12.1 Å². The summed E-state index contributed by atoms with van der Waals surface area (Å²) >= 11 is 0. The first-order chi connectivity index (χ1) is 21.9. The summed E-state index contributed by atoms with van der Waals surface area (Å²) in [5.41, 5.74) is 5.45. The van der Waals surface area contributed by atoms with Crippen molar-refractivity contribution in [2.75, 3.05) is 38.7 Å². The van der Waals surface area contributed by atoms with Crippen LogP contribution in [-0.2, 0) is 22.4 Å². The first-order valence-corrected chi connectivity index (χ1v) is 14.9. The van der Waals surface area contributed by atoms with Crippen LogP contribution in [0.1, 0.15) is 35.3 Å². The fraction of sp³-hybridized carbons (Fsp3) is 0.257. The molecule has 0 radical (unpaired) electrons. The number of carbonyl (C=O) groups is 2. The number of likely N-dealkylation sites (N-methyl/N-ethyl adjacent to an activating group) is 1. The number of pyridine rings is 1. The Morgan fingerprint density at radius 3 is 2.27 bits per heavy atom. The Hall–Kier alpha value is -5.09. The average Bonchev–Trinajstić information content (AvgIpc) is 3.45. The van der Waals surface area contributed by atoms with Crippen molar-refractivity contribution in [1.82, 2.24) is 19.5 Å². The van der Waals surface area contributed by atoms with Crippen LogP contribution in [0.25, 0.3) is 16.8 Å². The van der Waals surface area contributed by atoms with Gasteiger partial charge in [-0.1, -0.05) is 36.4 Å². The van der Waals surface area contributed by atoms with Crippen LogP contribution in [0.5, 0.6) is 5.75 Å². The van der Waals surface area contributed by atoms with Crippen molar-refractivity contribution >= 4 is 29.0 Å². The van der Waals surface area contributed by atoms with Gasteiger partial charge in [0.15, 0.2) is 5.65 Å². The van der Waals surface area contributed by atoms with Crippen LogP contribution in [0, 0.1) is 5.82 Å². The van der Waals surface area contributed by atoms with Gasteiger partial charge in [0.1, 0.15) is 17.3 Å². The van der Waals surface area contributed by atoms with E-state index in [9.17, 15) is 14.0 Å². The Balaban J connectivity index is 1.27. The number of anilines is 2. The quantitative estimate of drug-likeness (QED) is 0.162. The van der Waals surface area contributed by atoms with E-state index in [0.717, 1.165) is 22.3 Å². The first-order valence-electron chi connectivity index (χ1n) is 14.9. The number of benzene rings is 3. The van der Waals surface area contributed by atoms with Crippen LogP contribution in [0.3, 0.4) is 0 Å². The molecular formula is C35H36FN5O4. The molecule has 0 fully saturated rings. The summed E-state index contributed by atoms with van der Waals surface area (Å²) in [7, 11) is 1.61. The monoisotopic (exact) mass is 609 g/mol. The van der Waals surface area contributed by atoms with Gasteiger partial charge in [-0.25, -0.2) is 8.91 Å². The number of methoxy groups -OCH3 is 1. The SMILES string of the molecule is CCOc1cc(C(=O)N(CC)CCOC)ccc1Nc1nc2ccc(-c3ccc(CC(=O)Cc4ccc(F)cc4)cc3)cn2n1. The molecule has 0 spiro atoms. The predicted octanol–water partition coefficient (Wildman–Crippen LogP) is 6.14. The van der Waals surface area contributed by atoms with Gasteiger partial charge in [0.05, 0.1) is 18.9 Å². The van der Waals surface area contributed by atoms with Gasteiger partial charge in [0.2, 0.25) is 5.95 Å². The lowest BCUT2D eigenvalue weighted by Gasteiger charge is -2.21. The molecule has 5 rings (SSSR count). The highest BCUT2D eigenvalue weighted by molar-refractivity contribution is 5.95. The van der Waals surface area contributed by atoms with Crippen LogP contribution in [-0.4, -0.2) is 64.6 Å². The second kappa shape index (κ2) is 14.6. The molecule has 0 aliphatic heterocycles. The second-order valence-electron chi connectivity index (χ2n) is 10.5. The summed E-state index contributed by atoms with van der Waals surface area (Å²) in [6.45, 7) is 5.79. The van der Waals surface area contributed by atoms with E-state index in [-0.39, 0.29) is 23.9 Å². The van der Waals surface area contributed by atoms with E-state index in [2.05, 4.69) is 15.4 Å². The minimum atomic E-state index is -0.313. The van der Waals surface area contributed by atoms with Crippen molar-refractivity contribution in [3.8, 4) is 16.9 Å². The number of ketones is 1. The zero-order chi connectivity index (χ0) is 31.8. The molecule has 2 aromatic heterocycles. The van der Waals surface area contributed by atoms with Crippen molar-refractivity contribution in [3.05, 3.63) is 108 Å². The highest BCUT2D eigenvalue weighted by Crippen LogP contribution is 2.29. The number of rotatable bonds is 14. The minimum Gasteiger partial charge on any atom is -0.492 e. The number of Topliss-reactive ketones (excluding diaryl/α,β-unsaturated/α-hetero) is 1. The molecule has 1 N–H and O–H groups in total. The Morgan fingerprint density at radius 1 is 0.911 bits per heavy atom. The maximum absolute atomic E-state index is 13.1. The van der Waals surface area contributed by atoms with Crippen molar-refractivity contribution in [1.29, 1.82) is 0 Å². The largest absolute Gasteiger partial charge is 0.492 e. The molecule has 0 saturated heterocycles. The number of hydrogen-bond donors (Lipinski definition) is 1. The molecule has 0 saturated carbocycles. The van der Waals surface area contributed by atoms with Gasteiger partial charge in [-0.15, -0.1) is 5.10 Å². The lowest BCUT2D eigenvalue weighted by atomic mass is 10.0. The molecule has 0 bridgehead atoms. The fourth-order valence-corrected chi connectivity index (χ4v) is 4.98. The third kappa shape index (κ3) is 7.90. The van der Waals surface area contributed by atoms with Crippen LogP contribution in [0.4, 0.5) is 16.0 Å². The molecule has 1 amide bonds. The lowest BCUT2D eigenvalue weighted by Crippen LogP contribution is -2.33. The molecular weight excluding hydrogens is 573 g/mol. The number of amides is 1. The average molecular weight is 610 g/mol. The Kier molecular flexibility index (Phi) is 10.2. The fourth-order valence-electron chi connectivity index (χ4n) is 4.98. The van der Waals surface area contributed by atoms with E-state index in [4.69, 9.17) is 9.47 Å². The second-order valence-corrected chi connectivity index (χ2v) is 10.5. The van der Waals surface area contributed by atoms with Crippen molar-refractivity contribution in [2.45, 2.75) is 26.7 Å². The third-order valence-corrected chi connectivity index (χ3v) is 7.34. The maximum atomic E-state index is 13.1. The van der Waals surface area contributed by atoms with E-state index in [1.54, 1.807) is 46.9 Å². The number of halogens is 1. The van der Waals surface area contributed by atoms with Gasteiger partial charge in [-0.05, 0) is 73.0 Å². The van der Waals surface area contributed by atoms with Gasteiger partial charge in [0, 0.05) is 50.4 Å². The molecule has 0 atom stereocenters. The number of hydrogen-bond acceptors (Lipinski definition) is 7. The summed E-state index contributed by atoms with van der Waals surface area (Å²) in [5.74, 6) is 0.577. The number of carbonyl (C=O) groups excluding carboxylic acids is 2. The predicted molar refractivity (Wildman–Crippen MR) is 172 cm³/mol. The highest BCUT2D eigenvalue weighted by Gasteiger charge is 2.17. The standard InChI is InChI=1S/C35H36FN5O4/c1-4-40(18-19-44-3)34(43)27-12-16-31(32(22-27)45-5-2)37-35-38-33-17-13-28(23-41(33)39-35)26-10-6-24(7-11-26)20-30(42)21-25-8-14-29(36)15-9-25/h6-17,22-23H,4-5,18-21H2,1-3H3,(H,37,39). The van der Waals surface area contributed by atoms with Crippen LogP contribution < -0.4 is 10.1 Å². The lowest BCUT2D eigenvalue weighted by molar-refractivity contribution is -0.117. The number of nitrogens with one attached hydrogen (secondary N) is 1.